The molecule has 0 aliphatic heterocycles. The number of ketones is 1. The molecule has 2 aromatic heterocycles. The van der Waals surface area contributed by atoms with Gasteiger partial charge in [-0.1, -0.05) is 58.4 Å². The number of halogens is 1. The largest absolute Gasteiger partial charge is 0.322 e. The minimum Gasteiger partial charge on any atom is -0.322 e. The maximum absolute atomic E-state index is 13.8. The molecule has 0 N–H and O–H groups in total. The first-order valence-corrected chi connectivity index (χ1v) is 11.5. The van der Waals surface area contributed by atoms with Crippen molar-refractivity contribution < 1.29 is 9.72 Å². The van der Waals surface area contributed by atoms with Gasteiger partial charge in [0.05, 0.1) is 16.0 Å². The molecule has 0 spiro atoms. The summed E-state index contributed by atoms with van der Waals surface area (Å²) in [6.07, 6.45) is 4.01. The fourth-order valence-electron chi connectivity index (χ4n) is 4.22. The smallest absolute Gasteiger partial charge is 0.269 e. The fourth-order valence-corrected chi connectivity index (χ4v) is 4.48. The van der Waals surface area contributed by atoms with Crippen LogP contribution in [0.15, 0.2) is 102 Å². The summed E-state index contributed by atoms with van der Waals surface area (Å²) in [6, 6.07) is 25.7. The highest BCUT2D eigenvalue weighted by atomic mass is 79.9. The van der Waals surface area contributed by atoms with E-state index < -0.39 is 4.92 Å². The minimum absolute atomic E-state index is 0.0478. The van der Waals surface area contributed by atoms with E-state index in [-0.39, 0.29) is 11.5 Å². The van der Waals surface area contributed by atoms with Crippen LogP contribution in [0.1, 0.15) is 21.5 Å². The maximum atomic E-state index is 13.8. The number of fused-ring (bicyclic) bond motifs is 1. The third-order valence-corrected chi connectivity index (χ3v) is 6.45. The number of nitro benzene ring substituents is 1. The molecule has 0 saturated carbocycles. The Balaban J connectivity index is 1.75. The number of aryl methyl sites for hydroxylation is 1. The Labute approximate surface area is 204 Å². The number of benzene rings is 3. The summed E-state index contributed by atoms with van der Waals surface area (Å²) < 4.78 is 2.93. The Kier molecular flexibility index (Phi) is 5.59. The Bertz CT molecular complexity index is 1540. The summed E-state index contributed by atoms with van der Waals surface area (Å²) in [4.78, 5) is 24.4. The van der Waals surface area contributed by atoms with Crippen molar-refractivity contribution in [1.82, 2.24) is 4.40 Å². The molecule has 34 heavy (non-hydrogen) atoms. The summed E-state index contributed by atoms with van der Waals surface area (Å²) in [5.74, 6) is -0.182. The average Bonchev–Trinajstić information content (AvgIpc) is 3.22. The second-order valence-electron chi connectivity index (χ2n) is 8.09. The molecule has 0 bridgehead atoms. The van der Waals surface area contributed by atoms with E-state index in [1.54, 1.807) is 0 Å². The Morgan fingerprint density at radius 3 is 2.15 bits per heavy atom. The maximum Gasteiger partial charge on any atom is 0.269 e. The van der Waals surface area contributed by atoms with Gasteiger partial charge in [-0.3, -0.25) is 14.9 Å². The number of pyridine rings is 1. The van der Waals surface area contributed by atoms with E-state index in [9.17, 15) is 14.9 Å². The minimum atomic E-state index is -0.468. The predicted octanol–water partition coefficient (Wildman–Crippen LogP) is 7.48. The molecular formula is C28H19BrN2O3. The molecular weight excluding hydrogens is 492 g/mol. The Morgan fingerprint density at radius 2 is 1.50 bits per heavy atom. The normalized spacial score (nSPS) is 11.0. The van der Waals surface area contributed by atoms with Gasteiger partial charge in [-0.2, -0.15) is 0 Å². The van der Waals surface area contributed by atoms with Crippen molar-refractivity contribution in [2.45, 2.75) is 6.92 Å². The lowest BCUT2D eigenvalue weighted by atomic mass is 9.95. The zero-order chi connectivity index (χ0) is 23.8. The van der Waals surface area contributed by atoms with Crippen LogP contribution >= 0.6 is 15.9 Å². The summed E-state index contributed by atoms with van der Waals surface area (Å²) in [7, 11) is 0. The van der Waals surface area contributed by atoms with Gasteiger partial charge in [0.15, 0.2) is 5.78 Å². The molecule has 0 saturated heterocycles. The van der Waals surface area contributed by atoms with Crippen LogP contribution in [0.3, 0.4) is 0 Å². The topological polar surface area (TPSA) is 64.6 Å². The Hall–Kier alpha value is -4.03. The highest BCUT2D eigenvalue weighted by Gasteiger charge is 2.22. The lowest BCUT2D eigenvalue weighted by Gasteiger charge is -2.09. The fraction of sp³-hybridized carbons (Fsp3) is 0.0357. The van der Waals surface area contributed by atoms with Crippen LogP contribution in [0, 0.1) is 17.0 Å². The number of non-ortho nitro benzene ring substituents is 1. The molecule has 0 fully saturated rings. The van der Waals surface area contributed by atoms with Crippen LogP contribution in [0.2, 0.25) is 0 Å². The highest BCUT2D eigenvalue weighted by molar-refractivity contribution is 9.10. The van der Waals surface area contributed by atoms with Crippen LogP contribution in [-0.4, -0.2) is 15.1 Å². The van der Waals surface area contributed by atoms with E-state index in [1.165, 1.54) is 24.3 Å². The highest BCUT2D eigenvalue weighted by Crippen LogP contribution is 2.35. The summed E-state index contributed by atoms with van der Waals surface area (Å²) in [5.41, 5.74) is 6.63. The summed E-state index contributed by atoms with van der Waals surface area (Å²) >= 11 is 3.47. The standard InChI is InChI=1S/C28H19BrN2O3/c1-18-16-30-17-25(20-7-11-22(29)12-8-20)27(26(30)15-24(18)19-5-3-2-4-6-19)28(32)21-9-13-23(14-10-21)31(33)34/h2-17H,1H3. The molecule has 0 aliphatic rings. The van der Waals surface area contributed by atoms with Crippen LogP contribution in [0.25, 0.3) is 27.8 Å². The van der Waals surface area contributed by atoms with E-state index in [1.807, 2.05) is 65.3 Å². The lowest BCUT2D eigenvalue weighted by Crippen LogP contribution is -2.03. The van der Waals surface area contributed by atoms with Crippen molar-refractivity contribution in [3.63, 3.8) is 0 Å². The number of rotatable bonds is 5. The van der Waals surface area contributed by atoms with Crippen molar-refractivity contribution in [3.8, 4) is 22.3 Å². The second-order valence-corrected chi connectivity index (χ2v) is 9.00. The monoisotopic (exact) mass is 510 g/mol. The van der Waals surface area contributed by atoms with E-state index in [0.717, 1.165) is 37.8 Å². The number of hydrogen-bond acceptors (Lipinski definition) is 3. The molecule has 0 radical (unpaired) electrons. The van der Waals surface area contributed by atoms with E-state index >= 15 is 0 Å². The molecule has 166 valence electrons. The van der Waals surface area contributed by atoms with E-state index in [0.29, 0.717) is 11.1 Å². The van der Waals surface area contributed by atoms with Gasteiger partial charge in [0.1, 0.15) is 0 Å². The van der Waals surface area contributed by atoms with Gasteiger partial charge in [0.2, 0.25) is 0 Å². The van der Waals surface area contributed by atoms with Crippen molar-refractivity contribution in [3.05, 3.63) is 129 Å². The van der Waals surface area contributed by atoms with E-state index in [2.05, 4.69) is 35.0 Å². The average molecular weight is 511 g/mol. The van der Waals surface area contributed by atoms with Gasteiger partial charge in [0, 0.05) is 40.1 Å². The van der Waals surface area contributed by atoms with Gasteiger partial charge in [0.25, 0.3) is 5.69 Å². The summed E-state index contributed by atoms with van der Waals surface area (Å²) in [6.45, 7) is 2.05. The number of carbonyl (C=O) groups excluding carboxylic acids is 1. The van der Waals surface area contributed by atoms with Crippen molar-refractivity contribution in [1.29, 1.82) is 0 Å². The number of aromatic nitrogens is 1. The molecule has 5 rings (SSSR count). The van der Waals surface area contributed by atoms with Crippen LogP contribution in [0.5, 0.6) is 0 Å². The molecule has 0 aliphatic carbocycles. The van der Waals surface area contributed by atoms with Crippen molar-refractivity contribution in [2.24, 2.45) is 0 Å². The van der Waals surface area contributed by atoms with Gasteiger partial charge in [-0.15, -0.1) is 0 Å². The molecule has 0 unspecified atom stereocenters. The van der Waals surface area contributed by atoms with Crippen LogP contribution in [0.4, 0.5) is 5.69 Å². The first-order valence-electron chi connectivity index (χ1n) is 10.7. The van der Waals surface area contributed by atoms with Gasteiger partial charge in [-0.25, -0.2) is 0 Å². The quantitative estimate of drug-likeness (QED) is 0.140. The number of hydrogen-bond donors (Lipinski definition) is 0. The zero-order valence-electron chi connectivity index (χ0n) is 18.2. The van der Waals surface area contributed by atoms with Gasteiger partial charge >= 0.3 is 0 Å². The van der Waals surface area contributed by atoms with Crippen LogP contribution < -0.4 is 0 Å². The Morgan fingerprint density at radius 1 is 0.853 bits per heavy atom. The SMILES string of the molecule is Cc1cn2cc(-c3ccc(Br)cc3)c(C(=O)c3ccc([N+](=O)[O-])cc3)c2cc1-c1ccccc1. The molecule has 0 amide bonds. The summed E-state index contributed by atoms with van der Waals surface area (Å²) in [5, 5.41) is 11.1. The molecule has 2 heterocycles. The van der Waals surface area contributed by atoms with E-state index in [4.69, 9.17) is 0 Å². The van der Waals surface area contributed by atoms with Crippen molar-refractivity contribution in [2.75, 3.05) is 0 Å². The predicted molar refractivity (Wildman–Crippen MR) is 137 cm³/mol. The number of carbonyl (C=O) groups is 1. The molecule has 5 nitrogen and oxygen atoms in total. The van der Waals surface area contributed by atoms with Gasteiger partial charge in [-0.05, 0) is 59.5 Å². The number of nitro groups is 1. The van der Waals surface area contributed by atoms with Crippen molar-refractivity contribution >= 4 is 32.9 Å². The van der Waals surface area contributed by atoms with Gasteiger partial charge < -0.3 is 4.40 Å². The molecule has 6 heteroatoms. The lowest BCUT2D eigenvalue weighted by molar-refractivity contribution is -0.384. The number of nitrogens with zero attached hydrogens (tertiary/aromatic N) is 2. The second kappa shape index (κ2) is 8.72. The zero-order valence-corrected chi connectivity index (χ0v) is 19.8. The third kappa shape index (κ3) is 3.93. The molecule has 0 atom stereocenters. The first-order chi connectivity index (χ1) is 16.4. The third-order valence-electron chi connectivity index (χ3n) is 5.92. The molecule has 5 aromatic rings. The first kappa shape index (κ1) is 21.8. The van der Waals surface area contributed by atoms with Crippen LogP contribution in [-0.2, 0) is 0 Å². The molecule has 3 aromatic carbocycles.